The van der Waals surface area contributed by atoms with E-state index in [0.717, 1.165) is 18.5 Å². The number of benzene rings is 1. The number of carbonyl (C=O) groups excluding carboxylic acids is 1. The van der Waals surface area contributed by atoms with E-state index in [1.807, 2.05) is 12.1 Å². The Morgan fingerprint density at radius 1 is 1.42 bits per heavy atom. The van der Waals surface area contributed by atoms with Gasteiger partial charge >= 0.3 is 5.97 Å². The number of anilines is 1. The third kappa shape index (κ3) is 3.70. The van der Waals surface area contributed by atoms with Crippen LogP contribution < -0.4 is 5.73 Å². The zero-order valence-corrected chi connectivity index (χ0v) is 12.3. The highest BCUT2D eigenvalue weighted by atomic mass is 16.5. The number of rotatable bonds is 6. The molecule has 4 nitrogen and oxygen atoms in total. The molecule has 0 saturated carbocycles. The summed E-state index contributed by atoms with van der Waals surface area (Å²) < 4.78 is 4.82. The van der Waals surface area contributed by atoms with Crippen LogP contribution >= 0.6 is 0 Å². The van der Waals surface area contributed by atoms with Crippen LogP contribution in [0.3, 0.4) is 0 Å². The van der Waals surface area contributed by atoms with Crippen LogP contribution in [0.4, 0.5) is 5.69 Å². The first-order chi connectivity index (χ1) is 9.04. The summed E-state index contributed by atoms with van der Waals surface area (Å²) in [6.45, 7) is 8.11. The smallest absolute Gasteiger partial charge is 0.340 e. The molecule has 0 aliphatic carbocycles. The lowest BCUT2D eigenvalue weighted by atomic mass is 10.0. The third-order valence-electron chi connectivity index (χ3n) is 3.57. The van der Waals surface area contributed by atoms with Gasteiger partial charge in [-0.25, -0.2) is 4.79 Å². The summed E-state index contributed by atoms with van der Waals surface area (Å²) in [6.07, 6.45) is 1.07. The van der Waals surface area contributed by atoms with Gasteiger partial charge in [-0.3, -0.25) is 4.90 Å². The molecule has 1 rings (SSSR count). The fourth-order valence-electron chi connectivity index (χ4n) is 2.16. The molecule has 0 aliphatic rings. The molecule has 0 radical (unpaired) electrons. The van der Waals surface area contributed by atoms with Crippen molar-refractivity contribution >= 4 is 11.7 Å². The standard InChI is InChI=1S/C15H24N2O2/c1-5-11(3)17(6-2)10-12-8-7-9-13(16)14(12)15(18)19-4/h7-9,11H,5-6,10,16H2,1-4H3. The van der Waals surface area contributed by atoms with Crippen LogP contribution in [0.15, 0.2) is 18.2 Å². The highest BCUT2D eigenvalue weighted by Gasteiger charge is 2.18. The maximum Gasteiger partial charge on any atom is 0.340 e. The van der Waals surface area contributed by atoms with Crippen LogP contribution in [0.2, 0.25) is 0 Å². The molecular weight excluding hydrogens is 240 g/mol. The van der Waals surface area contributed by atoms with Crippen molar-refractivity contribution in [3.8, 4) is 0 Å². The third-order valence-corrected chi connectivity index (χ3v) is 3.57. The Balaban J connectivity index is 3.06. The van der Waals surface area contributed by atoms with Crippen LogP contribution in [0, 0.1) is 0 Å². The minimum absolute atomic E-state index is 0.367. The van der Waals surface area contributed by atoms with Gasteiger partial charge in [-0.2, -0.15) is 0 Å². The van der Waals surface area contributed by atoms with Gasteiger partial charge in [-0.1, -0.05) is 26.0 Å². The van der Waals surface area contributed by atoms with Crippen molar-refractivity contribution in [1.29, 1.82) is 0 Å². The first-order valence-electron chi connectivity index (χ1n) is 6.74. The van der Waals surface area contributed by atoms with E-state index in [1.54, 1.807) is 6.07 Å². The van der Waals surface area contributed by atoms with Crippen molar-refractivity contribution in [1.82, 2.24) is 4.90 Å². The predicted molar refractivity (Wildman–Crippen MR) is 78.0 cm³/mol. The molecule has 0 saturated heterocycles. The minimum Gasteiger partial charge on any atom is -0.465 e. The SMILES string of the molecule is CCC(C)N(CC)Cc1cccc(N)c1C(=O)OC. The molecule has 1 unspecified atom stereocenters. The molecule has 0 heterocycles. The molecule has 0 bridgehead atoms. The molecule has 106 valence electrons. The molecule has 4 heteroatoms. The number of ether oxygens (including phenoxy) is 1. The van der Waals surface area contributed by atoms with Crippen molar-refractivity contribution in [2.75, 3.05) is 19.4 Å². The second-order valence-corrected chi connectivity index (χ2v) is 4.69. The Morgan fingerprint density at radius 3 is 2.63 bits per heavy atom. The number of methoxy groups -OCH3 is 1. The summed E-state index contributed by atoms with van der Waals surface area (Å²) in [5, 5.41) is 0. The van der Waals surface area contributed by atoms with E-state index in [4.69, 9.17) is 10.5 Å². The number of nitrogen functional groups attached to an aromatic ring is 1. The van der Waals surface area contributed by atoms with E-state index in [1.165, 1.54) is 7.11 Å². The highest BCUT2D eigenvalue weighted by molar-refractivity contribution is 5.96. The van der Waals surface area contributed by atoms with Gasteiger partial charge in [0.1, 0.15) is 0 Å². The van der Waals surface area contributed by atoms with Crippen LogP contribution in [-0.4, -0.2) is 30.6 Å². The average Bonchev–Trinajstić information content (AvgIpc) is 2.43. The highest BCUT2D eigenvalue weighted by Crippen LogP contribution is 2.21. The zero-order valence-electron chi connectivity index (χ0n) is 12.3. The average molecular weight is 264 g/mol. The van der Waals surface area contributed by atoms with Gasteiger partial charge in [0.15, 0.2) is 0 Å². The van der Waals surface area contributed by atoms with Gasteiger partial charge in [0.25, 0.3) is 0 Å². The van der Waals surface area contributed by atoms with E-state index in [0.29, 0.717) is 23.8 Å². The summed E-state index contributed by atoms with van der Waals surface area (Å²) in [4.78, 5) is 14.2. The second-order valence-electron chi connectivity index (χ2n) is 4.69. The van der Waals surface area contributed by atoms with Crippen LogP contribution in [0.5, 0.6) is 0 Å². The molecule has 0 aliphatic heterocycles. The Bertz CT molecular complexity index is 432. The lowest BCUT2D eigenvalue weighted by Gasteiger charge is -2.27. The molecule has 0 amide bonds. The van der Waals surface area contributed by atoms with Crippen molar-refractivity contribution in [2.45, 2.75) is 39.8 Å². The number of hydrogen-bond donors (Lipinski definition) is 1. The van der Waals surface area contributed by atoms with Crippen LogP contribution in [0.25, 0.3) is 0 Å². The van der Waals surface area contributed by atoms with E-state index in [9.17, 15) is 4.79 Å². The molecule has 2 N–H and O–H groups in total. The second kappa shape index (κ2) is 7.14. The summed E-state index contributed by atoms with van der Waals surface area (Å²) in [5.74, 6) is -0.367. The normalized spacial score (nSPS) is 12.5. The minimum atomic E-state index is -0.367. The predicted octanol–water partition coefficient (Wildman–Crippen LogP) is 2.68. The molecule has 19 heavy (non-hydrogen) atoms. The van der Waals surface area contributed by atoms with Gasteiger partial charge in [-0.15, -0.1) is 0 Å². The fraction of sp³-hybridized carbons (Fsp3) is 0.533. The molecule has 1 atom stereocenters. The Morgan fingerprint density at radius 2 is 2.11 bits per heavy atom. The first-order valence-corrected chi connectivity index (χ1v) is 6.74. The van der Waals surface area contributed by atoms with Crippen molar-refractivity contribution in [3.63, 3.8) is 0 Å². The van der Waals surface area contributed by atoms with Crippen molar-refractivity contribution < 1.29 is 9.53 Å². The van der Waals surface area contributed by atoms with Gasteiger partial charge in [-0.05, 0) is 31.5 Å². The van der Waals surface area contributed by atoms with E-state index in [2.05, 4.69) is 25.7 Å². The van der Waals surface area contributed by atoms with Crippen molar-refractivity contribution in [2.24, 2.45) is 0 Å². The van der Waals surface area contributed by atoms with E-state index >= 15 is 0 Å². The lowest BCUT2D eigenvalue weighted by molar-refractivity contribution is 0.0599. The van der Waals surface area contributed by atoms with Crippen LogP contribution in [-0.2, 0) is 11.3 Å². The van der Waals surface area contributed by atoms with E-state index < -0.39 is 0 Å². The van der Waals surface area contributed by atoms with Gasteiger partial charge in [0.05, 0.1) is 12.7 Å². The molecular formula is C15H24N2O2. The Hall–Kier alpha value is -1.55. The topological polar surface area (TPSA) is 55.6 Å². The maximum absolute atomic E-state index is 11.8. The molecule has 0 fully saturated rings. The summed E-state index contributed by atoms with van der Waals surface area (Å²) in [5.41, 5.74) is 7.80. The molecule has 0 aromatic heterocycles. The van der Waals surface area contributed by atoms with Gasteiger partial charge in [0.2, 0.25) is 0 Å². The molecule has 0 spiro atoms. The summed E-state index contributed by atoms with van der Waals surface area (Å²) in [7, 11) is 1.38. The lowest BCUT2D eigenvalue weighted by Crippen LogP contribution is -2.32. The monoisotopic (exact) mass is 264 g/mol. The first kappa shape index (κ1) is 15.5. The zero-order chi connectivity index (χ0) is 14.4. The quantitative estimate of drug-likeness (QED) is 0.634. The van der Waals surface area contributed by atoms with Crippen LogP contribution in [0.1, 0.15) is 43.1 Å². The van der Waals surface area contributed by atoms with Gasteiger partial charge < -0.3 is 10.5 Å². The Labute approximate surface area is 115 Å². The molecule has 1 aromatic rings. The number of carbonyl (C=O) groups is 1. The number of hydrogen-bond acceptors (Lipinski definition) is 4. The number of esters is 1. The fourth-order valence-corrected chi connectivity index (χ4v) is 2.16. The summed E-state index contributed by atoms with van der Waals surface area (Å²) >= 11 is 0. The number of nitrogens with two attached hydrogens (primary N) is 1. The molecule has 1 aromatic carbocycles. The van der Waals surface area contributed by atoms with Crippen molar-refractivity contribution in [3.05, 3.63) is 29.3 Å². The Kier molecular flexibility index (Phi) is 5.83. The largest absolute Gasteiger partial charge is 0.465 e. The number of nitrogens with zero attached hydrogens (tertiary/aromatic N) is 1. The van der Waals surface area contributed by atoms with Gasteiger partial charge in [0, 0.05) is 18.3 Å². The maximum atomic E-state index is 11.8. The van der Waals surface area contributed by atoms with E-state index in [-0.39, 0.29) is 5.97 Å². The summed E-state index contributed by atoms with van der Waals surface area (Å²) in [6, 6.07) is 6.02.